The number of ether oxygens (including phenoxy) is 1. The van der Waals surface area contributed by atoms with Gasteiger partial charge < -0.3 is 9.64 Å². The molecule has 25 heavy (non-hydrogen) atoms. The number of carbonyl (C=O) groups excluding carboxylic acids is 1. The van der Waals surface area contributed by atoms with E-state index in [0.29, 0.717) is 11.8 Å². The quantitative estimate of drug-likeness (QED) is 0.818. The van der Waals surface area contributed by atoms with E-state index in [1.165, 1.54) is 31.2 Å². The van der Waals surface area contributed by atoms with E-state index in [-0.39, 0.29) is 11.5 Å². The highest BCUT2D eigenvalue weighted by molar-refractivity contribution is 5.80. The molecule has 4 nitrogen and oxygen atoms in total. The highest BCUT2D eigenvalue weighted by Gasteiger charge is 2.40. The van der Waals surface area contributed by atoms with Crippen LogP contribution in [0.5, 0.6) is 0 Å². The van der Waals surface area contributed by atoms with Crippen LogP contribution in [0.15, 0.2) is 24.5 Å². The van der Waals surface area contributed by atoms with Crippen molar-refractivity contribution in [1.82, 2.24) is 9.88 Å². The third-order valence-corrected chi connectivity index (χ3v) is 6.59. The third-order valence-electron chi connectivity index (χ3n) is 6.59. The average Bonchev–Trinajstić information content (AvgIpc) is 3.03. The maximum atomic E-state index is 13.4. The number of hydrogen-bond acceptors (Lipinski definition) is 3. The summed E-state index contributed by atoms with van der Waals surface area (Å²) in [4.78, 5) is 19.8. The highest BCUT2D eigenvalue weighted by atomic mass is 16.5. The van der Waals surface area contributed by atoms with Crippen LogP contribution >= 0.6 is 0 Å². The largest absolute Gasteiger partial charge is 0.375 e. The Balaban J connectivity index is 1.47. The van der Waals surface area contributed by atoms with Crippen molar-refractivity contribution in [2.24, 2.45) is 5.92 Å². The molecule has 3 fully saturated rings. The number of hydrogen-bond donors (Lipinski definition) is 0. The summed E-state index contributed by atoms with van der Waals surface area (Å²) in [5.41, 5.74) is 1.32. The Morgan fingerprint density at radius 1 is 1.12 bits per heavy atom. The average molecular weight is 342 g/mol. The van der Waals surface area contributed by atoms with Gasteiger partial charge in [0.2, 0.25) is 5.91 Å². The minimum absolute atomic E-state index is 0.0738. The third kappa shape index (κ3) is 3.59. The van der Waals surface area contributed by atoms with Gasteiger partial charge in [0, 0.05) is 38.0 Å². The molecule has 2 saturated heterocycles. The SMILES string of the molecule is O=C(C1CCCCC1c1cccnc1)N1CCCC2(CCCO2)CC1. The summed E-state index contributed by atoms with van der Waals surface area (Å²) in [5, 5.41) is 0. The molecule has 1 spiro atoms. The first-order chi connectivity index (χ1) is 12.3. The van der Waals surface area contributed by atoms with Gasteiger partial charge >= 0.3 is 0 Å². The van der Waals surface area contributed by atoms with Gasteiger partial charge in [0.25, 0.3) is 0 Å². The van der Waals surface area contributed by atoms with Crippen LogP contribution < -0.4 is 0 Å². The maximum absolute atomic E-state index is 13.4. The van der Waals surface area contributed by atoms with Gasteiger partial charge in [-0.3, -0.25) is 9.78 Å². The van der Waals surface area contributed by atoms with Crippen LogP contribution in [0, 0.1) is 5.92 Å². The molecular weight excluding hydrogens is 312 g/mol. The normalized spacial score (nSPS) is 33.4. The van der Waals surface area contributed by atoms with Gasteiger partial charge in [-0.2, -0.15) is 0 Å². The summed E-state index contributed by atoms with van der Waals surface area (Å²) in [6, 6.07) is 4.14. The summed E-state index contributed by atoms with van der Waals surface area (Å²) in [6.07, 6.45) is 13.9. The molecule has 1 aromatic rings. The smallest absolute Gasteiger partial charge is 0.226 e. The zero-order valence-corrected chi connectivity index (χ0v) is 15.2. The van der Waals surface area contributed by atoms with Gasteiger partial charge in [-0.05, 0) is 62.5 Å². The summed E-state index contributed by atoms with van der Waals surface area (Å²) in [5.74, 6) is 0.856. The van der Waals surface area contributed by atoms with Crippen molar-refractivity contribution >= 4 is 5.91 Å². The van der Waals surface area contributed by atoms with Crippen molar-refractivity contribution < 1.29 is 9.53 Å². The molecule has 3 atom stereocenters. The number of rotatable bonds is 2. The molecular formula is C21H30N2O2. The van der Waals surface area contributed by atoms with Crippen LogP contribution in [0.4, 0.5) is 0 Å². The second kappa shape index (κ2) is 7.45. The zero-order chi connectivity index (χ0) is 17.1. The predicted octanol–water partition coefficient (Wildman–Crippen LogP) is 3.92. The Kier molecular flexibility index (Phi) is 5.07. The van der Waals surface area contributed by atoms with Crippen molar-refractivity contribution in [2.45, 2.75) is 69.3 Å². The second-order valence-electron chi connectivity index (χ2n) is 8.10. The minimum atomic E-state index is 0.0738. The number of nitrogens with zero attached hydrogens (tertiary/aromatic N) is 2. The van der Waals surface area contributed by atoms with Crippen LogP contribution in [0.25, 0.3) is 0 Å². The molecule has 3 heterocycles. The van der Waals surface area contributed by atoms with Crippen molar-refractivity contribution in [3.63, 3.8) is 0 Å². The van der Waals surface area contributed by atoms with Gasteiger partial charge in [0.1, 0.15) is 0 Å². The molecule has 3 unspecified atom stereocenters. The van der Waals surface area contributed by atoms with Crippen molar-refractivity contribution in [2.75, 3.05) is 19.7 Å². The van der Waals surface area contributed by atoms with Gasteiger partial charge in [0.15, 0.2) is 0 Å². The molecule has 136 valence electrons. The topological polar surface area (TPSA) is 42.4 Å². The van der Waals surface area contributed by atoms with E-state index >= 15 is 0 Å². The van der Waals surface area contributed by atoms with E-state index in [1.54, 1.807) is 0 Å². The lowest BCUT2D eigenvalue weighted by molar-refractivity contribution is -0.137. The summed E-state index contributed by atoms with van der Waals surface area (Å²) in [7, 11) is 0. The molecule has 0 bridgehead atoms. The Labute approximate surface area is 151 Å². The summed E-state index contributed by atoms with van der Waals surface area (Å²) in [6.45, 7) is 2.68. The molecule has 4 rings (SSSR count). The lowest BCUT2D eigenvalue weighted by Crippen LogP contribution is -2.41. The Bertz CT molecular complexity index is 583. The standard InChI is InChI=1S/C21H30N2O2/c24-20(23-13-4-9-21(11-14-23)10-5-15-25-21)19-8-2-1-7-18(19)17-6-3-12-22-16-17/h3,6,12,16,18-19H,1-2,4-5,7-11,13-15H2. The molecule has 1 aromatic heterocycles. The number of aromatic nitrogens is 1. The Hall–Kier alpha value is -1.42. The Morgan fingerprint density at radius 3 is 2.80 bits per heavy atom. The molecule has 0 N–H and O–H groups in total. The zero-order valence-electron chi connectivity index (χ0n) is 15.2. The van der Waals surface area contributed by atoms with Crippen LogP contribution in [0.2, 0.25) is 0 Å². The first-order valence-corrected chi connectivity index (χ1v) is 10.1. The molecule has 1 amide bonds. The lowest BCUT2D eigenvalue weighted by atomic mass is 9.75. The summed E-state index contributed by atoms with van der Waals surface area (Å²) < 4.78 is 6.08. The van der Waals surface area contributed by atoms with E-state index < -0.39 is 0 Å². The van der Waals surface area contributed by atoms with Crippen molar-refractivity contribution in [3.05, 3.63) is 30.1 Å². The van der Waals surface area contributed by atoms with Gasteiger partial charge in [-0.15, -0.1) is 0 Å². The van der Waals surface area contributed by atoms with E-state index in [2.05, 4.69) is 16.0 Å². The molecule has 2 aliphatic heterocycles. The second-order valence-corrected chi connectivity index (χ2v) is 8.10. The first-order valence-electron chi connectivity index (χ1n) is 10.1. The van der Waals surface area contributed by atoms with Crippen LogP contribution in [0.1, 0.15) is 69.3 Å². The number of likely N-dealkylation sites (tertiary alicyclic amines) is 1. The number of pyridine rings is 1. The van der Waals surface area contributed by atoms with Crippen molar-refractivity contribution in [3.8, 4) is 0 Å². The van der Waals surface area contributed by atoms with Gasteiger partial charge in [-0.25, -0.2) is 0 Å². The van der Waals surface area contributed by atoms with Gasteiger partial charge in [0.05, 0.1) is 5.60 Å². The van der Waals surface area contributed by atoms with E-state index in [9.17, 15) is 4.79 Å². The van der Waals surface area contributed by atoms with Crippen LogP contribution in [-0.4, -0.2) is 41.1 Å². The highest BCUT2D eigenvalue weighted by Crippen LogP contribution is 2.40. The predicted molar refractivity (Wildman–Crippen MR) is 97.3 cm³/mol. The monoisotopic (exact) mass is 342 g/mol. The molecule has 1 aliphatic carbocycles. The van der Waals surface area contributed by atoms with E-state index in [4.69, 9.17) is 4.74 Å². The fraction of sp³-hybridized carbons (Fsp3) is 0.714. The van der Waals surface area contributed by atoms with Crippen LogP contribution in [-0.2, 0) is 9.53 Å². The molecule has 4 heteroatoms. The fourth-order valence-corrected chi connectivity index (χ4v) is 5.19. The van der Waals surface area contributed by atoms with Crippen molar-refractivity contribution in [1.29, 1.82) is 0 Å². The minimum Gasteiger partial charge on any atom is -0.375 e. The number of amides is 1. The Morgan fingerprint density at radius 2 is 2.00 bits per heavy atom. The molecule has 0 aromatic carbocycles. The fourth-order valence-electron chi connectivity index (χ4n) is 5.19. The molecule has 0 radical (unpaired) electrons. The maximum Gasteiger partial charge on any atom is 0.226 e. The molecule has 1 saturated carbocycles. The summed E-state index contributed by atoms with van der Waals surface area (Å²) >= 11 is 0. The van der Waals surface area contributed by atoms with Crippen LogP contribution in [0.3, 0.4) is 0 Å². The van der Waals surface area contributed by atoms with E-state index in [1.807, 2.05) is 18.5 Å². The van der Waals surface area contributed by atoms with Gasteiger partial charge in [-0.1, -0.05) is 18.9 Å². The lowest BCUT2D eigenvalue weighted by Gasteiger charge is -2.35. The number of carbonyl (C=O) groups is 1. The van der Waals surface area contributed by atoms with E-state index in [0.717, 1.165) is 51.8 Å². The first kappa shape index (κ1) is 17.0. The molecule has 3 aliphatic rings.